The van der Waals surface area contributed by atoms with E-state index in [1.54, 1.807) is 0 Å². The molecular formula is C23H26N4O. The standard InChI is InChI=1S/C23H26N4O/c1-14-9-10-18-21(16(14)3)25-22(26-23(18)27(4)12-11-15(2)24)20-13-17-7-5-6-8-19(17)28-20/h5-10,13,15H,11-12,24H2,1-4H3. The second-order valence-corrected chi connectivity index (χ2v) is 7.61. The molecule has 2 N–H and O–H groups in total. The van der Waals surface area contributed by atoms with E-state index in [-0.39, 0.29) is 6.04 Å². The Bertz CT molecular complexity index is 1110. The van der Waals surface area contributed by atoms with E-state index in [4.69, 9.17) is 20.1 Å². The normalized spacial score (nSPS) is 12.6. The van der Waals surface area contributed by atoms with Gasteiger partial charge in [-0.3, -0.25) is 0 Å². The minimum absolute atomic E-state index is 0.148. The maximum atomic E-state index is 6.04. The van der Waals surface area contributed by atoms with E-state index >= 15 is 0 Å². The molecule has 0 bridgehead atoms. The first-order valence-electron chi connectivity index (χ1n) is 9.67. The molecule has 1 atom stereocenters. The Morgan fingerprint density at radius 3 is 2.64 bits per heavy atom. The molecule has 4 aromatic rings. The number of hydrogen-bond acceptors (Lipinski definition) is 5. The summed E-state index contributed by atoms with van der Waals surface area (Å²) in [4.78, 5) is 11.9. The fourth-order valence-corrected chi connectivity index (χ4v) is 3.41. The van der Waals surface area contributed by atoms with E-state index in [9.17, 15) is 0 Å². The molecule has 0 amide bonds. The highest BCUT2D eigenvalue weighted by molar-refractivity contribution is 5.94. The summed E-state index contributed by atoms with van der Waals surface area (Å²) < 4.78 is 6.04. The van der Waals surface area contributed by atoms with E-state index < -0.39 is 0 Å². The highest BCUT2D eigenvalue weighted by Gasteiger charge is 2.17. The first-order valence-corrected chi connectivity index (χ1v) is 9.67. The van der Waals surface area contributed by atoms with Gasteiger partial charge >= 0.3 is 0 Å². The number of nitrogens with zero attached hydrogens (tertiary/aromatic N) is 3. The SMILES string of the molecule is Cc1ccc2c(N(C)CCC(C)N)nc(-c3cc4ccccc4o3)nc2c1C. The van der Waals surface area contributed by atoms with Crippen molar-refractivity contribution in [2.45, 2.75) is 33.2 Å². The van der Waals surface area contributed by atoms with Crippen LogP contribution in [0.1, 0.15) is 24.5 Å². The van der Waals surface area contributed by atoms with Gasteiger partial charge in [-0.05, 0) is 56.5 Å². The molecule has 5 nitrogen and oxygen atoms in total. The summed E-state index contributed by atoms with van der Waals surface area (Å²) >= 11 is 0. The summed E-state index contributed by atoms with van der Waals surface area (Å²) in [5.41, 5.74) is 10.2. The highest BCUT2D eigenvalue weighted by Crippen LogP contribution is 2.32. The summed E-state index contributed by atoms with van der Waals surface area (Å²) in [6, 6.07) is 14.4. The Kier molecular flexibility index (Phi) is 4.77. The molecular weight excluding hydrogens is 348 g/mol. The average Bonchev–Trinajstić information content (AvgIpc) is 3.12. The van der Waals surface area contributed by atoms with Crippen molar-refractivity contribution in [3.05, 3.63) is 53.6 Å². The predicted octanol–water partition coefficient (Wildman–Crippen LogP) is 4.83. The number of furan rings is 1. The van der Waals surface area contributed by atoms with Crippen LogP contribution in [0.15, 0.2) is 46.9 Å². The van der Waals surface area contributed by atoms with Crippen LogP contribution in [-0.2, 0) is 0 Å². The van der Waals surface area contributed by atoms with E-state index in [0.29, 0.717) is 11.6 Å². The van der Waals surface area contributed by atoms with Crippen LogP contribution in [-0.4, -0.2) is 29.6 Å². The zero-order valence-electron chi connectivity index (χ0n) is 16.9. The monoisotopic (exact) mass is 374 g/mol. The summed E-state index contributed by atoms with van der Waals surface area (Å²) in [6.45, 7) is 7.07. The molecule has 2 aromatic heterocycles. The van der Waals surface area contributed by atoms with Crippen LogP contribution < -0.4 is 10.6 Å². The van der Waals surface area contributed by atoms with Gasteiger partial charge in [0.25, 0.3) is 0 Å². The third-order valence-electron chi connectivity index (χ3n) is 5.30. The van der Waals surface area contributed by atoms with Crippen LogP contribution in [0.25, 0.3) is 33.5 Å². The van der Waals surface area contributed by atoms with Gasteiger partial charge < -0.3 is 15.1 Å². The maximum absolute atomic E-state index is 6.04. The summed E-state index contributed by atoms with van der Waals surface area (Å²) in [5.74, 6) is 2.20. The Hall–Kier alpha value is -2.92. The highest BCUT2D eigenvalue weighted by atomic mass is 16.3. The molecule has 0 aliphatic carbocycles. The van der Waals surface area contributed by atoms with Gasteiger partial charge in [-0.25, -0.2) is 9.97 Å². The lowest BCUT2D eigenvalue weighted by Crippen LogP contribution is -2.26. The van der Waals surface area contributed by atoms with Gasteiger partial charge in [-0.2, -0.15) is 0 Å². The van der Waals surface area contributed by atoms with Crippen LogP contribution >= 0.6 is 0 Å². The summed E-state index contributed by atoms with van der Waals surface area (Å²) in [6.07, 6.45) is 0.896. The van der Waals surface area contributed by atoms with Gasteiger partial charge in [0.1, 0.15) is 11.4 Å². The van der Waals surface area contributed by atoms with Crippen LogP contribution in [0.4, 0.5) is 5.82 Å². The second-order valence-electron chi connectivity index (χ2n) is 7.61. The van der Waals surface area contributed by atoms with Crippen molar-refractivity contribution in [2.75, 3.05) is 18.5 Å². The summed E-state index contributed by atoms with van der Waals surface area (Å²) in [5, 5.41) is 2.10. The van der Waals surface area contributed by atoms with E-state index in [1.807, 2.05) is 37.3 Å². The van der Waals surface area contributed by atoms with Gasteiger partial charge in [-0.15, -0.1) is 0 Å². The number of benzene rings is 2. The quantitative estimate of drug-likeness (QED) is 0.542. The fraction of sp³-hybridized carbons (Fsp3) is 0.304. The first kappa shape index (κ1) is 18.4. The van der Waals surface area contributed by atoms with Gasteiger partial charge in [0.2, 0.25) is 0 Å². The Labute approximate surface area is 165 Å². The van der Waals surface area contributed by atoms with E-state index in [2.05, 4.69) is 37.9 Å². The molecule has 0 aliphatic rings. The molecule has 2 heterocycles. The second kappa shape index (κ2) is 7.24. The van der Waals surface area contributed by atoms with E-state index in [0.717, 1.165) is 40.7 Å². The van der Waals surface area contributed by atoms with E-state index in [1.165, 1.54) is 11.1 Å². The number of rotatable bonds is 5. The van der Waals surface area contributed by atoms with Crippen molar-refractivity contribution < 1.29 is 4.42 Å². The van der Waals surface area contributed by atoms with Crippen molar-refractivity contribution in [1.29, 1.82) is 0 Å². The van der Waals surface area contributed by atoms with Crippen molar-refractivity contribution in [3.8, 4) is 11.6 Å². The predicted molar refractivity (Wildman–Crippen MR) is 116 cm³/mol. The molecule has 0 radical (unpaired) electrons. The topological polar surface area (TPSA) is 68.2 Å². The largest absolute Gasteiger partial charge is 0.453 e. The Morgan fingerprint density at radius 1 is 1.11 bits per heavy atom. The third kappa shape index (κ3) is 3.34. The first-order chi connectivity index (χ1) is 13.4. The molecule has 0 spiro atoms. The van der Waals surface area contributed by atoms with Crippen LogP contribution in [0.3, 0.4) is 0 Å². The smallest absolute Gasteiger partial charge is 0.198 e. The number of fused-ring (bicyclic) bond motifs is 2. The zero-order chi connectivity index (χ0) is 19.8. The maximum Gasteiger partial charge on any atom is 0.198 e. The lowest BCUT2D eigenvalue weighted by atomic mass is 10.1. The number of aryl methyl sites for hydroxylation is 2. The van der Waals surface area contributed by atoms with Gasteiger partial charge in [0.15, 0.2) is 11.6 Å². The van der Waals surface area contributed by atoms with Crippen molar-refractivity contribution in [3.63, 3.8) is 0 Å². The molecule has 0 saturated carbocycles. The molecule has 28 heavy (non-hydrogen) atoms. The lowest BCUT2D eigenvalue weighted by Gasteiger charge is -2.22. The zero-order valence-corrected chi connectivity index (χ0v) is 16.9. The molecule has 0 aliphatic heterocycles. The molecule has 4 rings (SSSR count). The number of nitrogens with two attached hydrogens (primary N) is 1. The van der Waals surface area contributed by atoms with Crippen LogP contribution in [0, 0.1) is 13.8 Å². The molecule has 0 saturated heterocycles. The van der Waals surface area contributed by atoms with Gasteiger partial charge in [0.05, 0.1) is 5.52 Å². The molecule has 1 unspecified atom stereocenters. The van der Waals surface area contributed by atoms with Crippen molar-refractivity contribution in [2.24, 2.45) is 5.73 Å². The van der Waals surface area contributed by atoms with Crippen molar-refractivity contribution in [1.82, 2.24) is 9.97 Å². The molecule has 2 aromatic carbocycles. The van der Waals surface area contributed by atoms with Gasteiger partial charge in [-0.1, -0.05) is 24.3 Å². The number of aromatic nitrogens is 2. The third-order valence-corrected chi connectivity index (χ3v) is 5.30. The molecule has 0 fully saturated rings. The summed E-state index contributed by atoms with van der Waals surface area (Å²) in [7, 11) is 2.06. The minimum Gasteiger partial charge on any atom is -0.453 e. The number of anilines is 1. The molecule has 144 valence electrons. The minimum atomic E-state index is 0.148. The fourth-order valence-electron chi connectivity index (χ4n) is 3.41. The van der Waals surface area contributed by atoms with Crippen LogP contribution in [0.2, 0.25) is 0 Å². The number of hydrogen-bond donors (Lipinski definition) is 1. The Balaban J connectivity index is 1.90. The average molecular weight is 374 g/mol. The van der Waals surface area contributed by atoms with Crippen LogP contribution in [0.5, 0.6) is 0 Å². The lowest BCUT2D eigenvalue weighted by molar-refractivity contribution is 0.624. The van der Waals surface area contributed by atoms with Gasteiger partial charge in [0, 0.05) is 30.4 Å². The number of para-hydroxylation sites is 1. The molecule has 5 heteroatoms. The van der Waals surface area contributed by atoms with Crippen molar-refractivity contribution >= 4 is 27.7 Å². The Morgan fingerprint density at radius 2 is 1.89 bits per heavy atom.